The van der Waals surface area contributed by atoms with Gasteiger partial charge in [-0.2, -0.15) is 0 Å². The minimum atomic E-state index is -0.913. The molecule has 2 unspecified atom stereocenters. The van der Waals surface area contributed by atoms with Crippen LogP contribution in [0.4, 0.5) is 0 Å². The van der Waals surface area contributed by atoms with Gasteiger partial charge in [0.15, 0.2) is 0 Å². The number of hydrogen-bond donors (Lipinski definition) is 1. The second-order valence-electron chi connectivity index (χ2n) is 5.32. The van der Waals surface area contributed by atoms with Crippen LogP contribution < -0.4 is 5.32 Å². The molecule has 0 aliphatic heterocycles. The lowest BCUT2D eigenvalue weighted by Crippen LogP contribution is -2.35. The standard InChI is InChI=1S/C14H17Cl2NO/c1-9-4-6-11(7-5-9)10(2)17-12(18)13(3)8-14(13,15)16/h4-7,10H,8H2,1-3H3,(H,17,18). The maximum Gasteiger partial charge on any atom is 0.229 e. The molecule has 1 aliphatic rings. The van der Waals surface area contributed by atoms with Crippen LogP contribution in [0.5, 0.6) is 0 Å². The van der Waals surface area contributed by atoms with E-state index >= 15 is 0 Å². The lowest BCUT2D eigenvalue weighted by Gasteiger charge is -2.18. The Balaban J connectivity index is 2.02. The summed E-state index contributed by atoms with van der Waals surface area (Å²) >= 11 is 12.0. The van der Waals surface area contributed by atoms with Gasteiger partial charge in [-0.3, -0.25) is 4.79 Å². The van der Waals surface area contributed by atoms with Gasteiger partial charge in [-0.15, -0.1) is 23.2 Å². The first-order valence-corrected chi connectivity index (χ1v) is 6.77. The predicted octanol–water partition coefficient (Wildman–Crippen LogP) is 3.76. The van der Waals surface area contributed by atoms with Crippen molar-refractivity contribution in [3.63, 3.8) is 0 Å². The minimum absolute atomic E-state index is 0.0420. The van der Waals surface area contributed by atoms with E-state index in [1.54, 1.807) is 6.92 Å². The minimum Gasteiger partial charge on any atom is -0.349 e. The molecule has 4 heteroatoms. The van der Waals surface area contributed by atoms with Crippen molar-refractivity contribution in [1.82, 2.24) is 5.32 Å². The molecule has 1 amide bonds. The number of benzene rings is 1. The third-order valence-electron chi connectivity index (χ3n) is 3.68. The Morgan fingerprint density at radius 2 is 1.83 bits per heavy atom. The number of carbonyl (C=O) groups excluding carboxylic acids is 1. The van der Waals surface area contributed by atoms with Gasteiger partial charge in [-0.25, -0.2) is 0 Å². The van der Waals surface area contributed by atoms with E-state index < -0.39 is 9.75 Å². The maximum atomic E-state index is 12.1. The van der Waals surface area contributed by atoms with Crippen LogP contribution in [0.25, 0.3) is 0 Å². The summed E-state index contributed by atoms with van der Waals surface area (Å²) in [6.45, 7) is 5.79. The van der Waals surface area contributed by atoms with Crippen molar-refractivity contribution >= 4 is 29.1 Å². The first kappa shape index (κ1) is 13.7. The molecule has 0 heterocycles. The molecule has 1 aromatic rings. The lowest BCUT2D eigenvalue weighted by atomic mass is 10.0. The van der Waals surface area contributed by atoms with Crippen molar-refractivity contribution in [2.75, 3.05) is 0 Å². The molecule has 0 spiro atoms. The topological polar surface area (TPSA) is 29.1 Å². The Bertz CT molecular complexity index is 469. The molecule has 1 aliphatic carbocycles. The first-order valence-electron chi connectivity index (χ1n) is 6.02. The van der Waals surface area contributed by atoms with E-state index in [4.69, 9.17) is 23.2 Å². The number of aryl methyl sites for hydroxylation is 1. The summed E-state index contributed by atoms with van der Waals surface area (Å²) in [6, 6.07) is 8.06. The van der Waals surface area contributed by atoms with Gasteiger partial charge in [-0.1, -0.05) is 29.8 Å². The number of nitrogens with one attached hydrogen (secondary N) is 1. The molecule has 18 heavy (non-hydrogen) atoms. The van der Waals surface area contributed by atoms with Gasteiger partial charge in [-0.05, 0) is 32.8 Å². The van der Waals surface area contributed by atoms with Crippen molar-refractivity contribution < 1.29 is 4.79 Å². The lowest BCUT2D eigenvalue weighted by molar-refractivity contribution is -0.126. The third-order valence-corrected chi connectivity index (χ3v) is 4.79. The second kappa shape index (κ2) is 4.43. The largest absolute Gasteiger partial charge is 0.349 e. The summed E-state index contributed by atoms with van der Waals surface area (Å²) in [5, 5.41) is 2.97. The number of amides is 1. The van der Waals surface area contributed by atoms with Gasteiger partial charge in [0.1, 0.15) is 4.33 Å². The van der Waals surface area contributed by atoms with Crippen LogP contribution in [0.15, 0.2) is 24.3 Å². The Morgan fingerprint density at radius 1 is 1.33 bits per heavy atom. The van der Waals surface area contributed by atoms with Crippen LogP contribution in [0.2, 0.25) is 0 Å². The monoisotopic (exact) mass is 285 g/mol. The smallest absolute Gasteiger partial charge is 0.229 e. The summed E-state index contributed by atoms with van der Waals surface area (Å²) in [7, 11) is 0. The van der Waals surface area contributed by atoms with E-state index in [-0.39, 0.29) is 11.9 Å². The molecule has 1 N–H and O–H groups in total. The summed E-state index contributed by atoms with van der Waals surface area (Å²) in [5.41, 5.74) is 1.62. The number of halogens is 2. The number of hydrogen-bond acceptors (Lipinski definition) is 1. The van der Waals surface area contributed by atoms with Crippen molar-refractivity contribution in [3.05, 3.63) is 35.4 Å². The van der Waals surface area contributed by atoms with Crippen LogP contribution >= 0.6 is 23.2 Å². The second-order valence-corrected chi connectivity index (χ2v) is 6.80. The molecule has 0 aromatic heterocycles. The molecule has 0 radical (unpaired) electrons. The van der Waals surface area contributed by atoms with Gasteiger partial charge >= 0.3 is 0 Å². The normalized spacial score (nSPS) is 26.5. The van der Waals surface area contributed by atoms with Crippen LogP contribution in [-0.2, 0) is 4.79 Å². The molecule has 2 rings (SSSR count). The molecule has 1 aromatic carbocycles. The zero-order valence-corrected chi connectivity index (χ0v) is 12.3. The molecule has 1 saturated carbocycles. The van der Waals surface area contributed by atoms with Gasteiger partial charge in [0.05, 0.1) is 11.5 Å². The molecular formula is C14H17Cl2NO. The van der Waals surface area contributed by atoms with Gasteiger partial charge in [0.2, 0.25) is 5.91 Å². The van der Waals surface area contributed by atoms with E-state index in [9.17, 15) is 4.79 Å². The van der Waals surface area contributed by atoms with Gasteiger partial charge in [0, 0.05) is 0 Å². The molecule has 2 atom stereocenters. The van der Waals surface area contributed by atoms with Crippen LogP contribution in [0.1, 0.15) is 37.4 Å². The van der Waals surface area contributed by atoms with E-state index in [2.05, 4.69) is 5.32 Å². The van der Waals surface area contributed by atoms with Gasteiger partial charge < -0.3 is 5.32 Å². The SMILES string of the molecule is Cc1ccc(C(C)NC(=O)C2(C)CC2(Cl)Cl)cc1. The average Bonchev–Trinajstić information content (AvgIpc) is 2.80. The van der Waals surface area contributed by atoms with Gasteiger partial charge in [0.25, 0.3) is 0 Å². The molecule has 0 bridgehead atoms. The van der Waals surface area contributed by atoms with Crippen LogP contribution in [0.3, 0.4) is 0 Å². The molecular weight excluding hydrogens is 269 g/mol. The molecule has 1 fully saturated rings. The van der Waals surface area contributed by atoms with Crippen molar-refractivity contribution in [3.8, 4) is 0 Å². The summed E-state index contributed by atoms with van der Waals surface area (Å²) in [4.78, 5) is 12.1. The average molecular weight is 286 g/mol. The summed E-state index contributed by atoms with van der Waals surface area (Å²) < 4.78 is -0.913. The van der Waals surface area contributed by atoms with Crippen molar-refractivity contribution in [1.29, 1.82) is 0 Å². The number of carbonyl (C=O) groups is 1. The quantitative estimate of drug-likeness (QED) is 0.842. The Hall–Kier alpha value is -0.730. The third kappa shape index (κ3) is 2.36. The van der Waals surface area contributed by atoms with Crippen LogP contribution in [-0.4, -0.2) is 10.2 Å². The Kier molecular flexibility index (Phi) is 3.37. The highest BCUT2D eigenvalue weighted by Crippen LogP contribution is 2.63. The first-order chi connectivity index (χ1) is 8.26. The molecule has 2 nitrogen and oxygen atoms in total. The summed E-state index contributed by atoms with van der Waals surface area (Å²) in [5.74, 6) is -0.0828. The van der Waals surface area contributed by atoms with E-state index in [1.165, 1.54) is 5.56 Å². The maximum absolute atomic E-state index is 12.1. The number of alkyl halides is 2. The Labute approximate surface area is 118 Å². The molecule has 0 saturated heterocycles. The van der Waals surface area contributed by atoms with Crippen molar-refractivity contribution in [2.24, 2.45) is 5.41 Å². The van der Waals surface area contributed by atoms with Crippen LogP contribution in [0, 0.1) is 12.3 Å². The van der Waals surface area contributed by atoms with E-state index in [0.29, 0.717) is 6.42 Å². The zero-order chi connectivity index (χ0) is 13.6. The highest BCUT2D eigenvalue weighted by Gasteiger charge is 2.67. The zero-order valence-electron chi connectivity index (χ0n) is 10.8. The fourth-order valence-electron chi connectivity index (χ4n) is 1.94. The Morgan fingerprint density at radius 3 is 2.28 bits per heavy atom. The highest BCUT2D eigenvalue weighted by molar-refractivity contribution is 6.53. The van der Waals surface area contributed by atoms with E-state index in [1.807, 2.05) is 38.1 Å². The molecule has 98 valence electrons. The number of rotatable bonds is 3. The fourth-order valence-corrected chi connectivity index (χ4v) is 2.65. The van der Waals surface area contributed by atoms with E-state index in [0.717, 1.165) is 5.56 Å². The van der Waals surface area contributed by atoms with Crippen molar-refractivity contribution in [2.45, 2.75) is 37.6 Å². The summed E-state index contributed by atoms with van der Waals surface area (Å²) in [6.07, 6.45) is 0.509. The highest BCUT2D eigenvalue weighted by atomic mass is 35.5. The fraction of sp³-hybridized carbons (Fsp3) is 0.500. The predicted molar refractivity (Wildman–Crippen MR) is 74.9 cm³/mol.